The first-order valence-electron chi connectivity index (χ1n) is 9.48. The Morgan fingerprint density at radius 1 is 0.867 bits per heavy atom. The zero-order valence-corrected chi connectivity index (χ0v) is 16.0. The van der Waals surface area contributed by atoms with Crippen LogP contribution in [0.2, 0.25) is 0 Å². The maximum absolute atomic E-state index is 12.8. The van der Waals surface area contributed by atoms with Gasteiger partial charge in [0.25, 0.3) is 0 Å². The van der Waals surface area contributed by atoms with Crippen molar-refractivity contribution >= 4 is 22.5 Å². The highest BCUT2D eigenvalue weighted by molar-refractivity contribution is 5.96. The van der Waals surface area contributed by atoms with Crippen molar-refractivity contribution in [1.29, 1.82) is 0 Å². The van der Waals surface area contributed by atoms with Crippen molar-refractivity contribution in [3.8, 4) is 0 Å². The van der Waals surface area contributed by atoms with E-state index in [-0.39, 0.29) is 12.3 Å². The van der Waals surface area contributed by atoms with E-state index in [1.54, 1.807) is 0 Å². The topological polar surface area (TPSA) is 34.0 Å². The summed E-state index contributed by atoms with van der Waals surface area (Å²) in [5.74, 6) is -0.126. The number of amides is 1. The van der Waals surface area contributed by atoms with Crippen LogP contribution in [0.25, 0.3) is 10.9 Å². The smallest absolute Gasteiger partial charge is 0.343 e. The van der Waals surface area contributed by atoms with Gasteiger partial charge in [-0.25, -0.2) is 0 Å². The number of halogens is 3. The van der Waals surface area contributed by atoms with Gasteiger partial charge in [-0.1, -0.05) is 48.5 Å². The lowest BCUT2D eigenvalue weighted by molar-refractivity contribution is -0.137. The van der Waals surface area contributed by atoms with Gasteiger partial charge in [0.2, 0.25) is 5.91 Å². The fraction of sp³-hybridized carbons (Fsp3) is 0.125. The van der Waals surface area contributed by atoms with Crippen LogP contribution in [0.5, 0.6) is 0 Å². The Morgan fingerprint density at radius 2 is 1.53 bits per heavy atom. The Hall–Kier alpha value is -3.54. The van der Waals surface area contributed by atoms with Gasteiger partial charge < -0.3 is 9.88 Å². The van der Waals surface area contributed by atoms with Crippen molar-refractivity contribution in [2.24, 2.45) is 0 Å². The summed E-state index contributed by atoms with van der Waals surface area (Å²) in [6, 6.07) is 22.1. The minimum absolute atomic E-state index is 0.126. The van der Waals surface area contributed by atoms with Crippen LogP contribution in [0, 0.1) is 0 Å². The molecule has 0 atom stereocenters. The maximum Gasteiger partial charge on any atom is 0.416 e. The number of carbonyl (C=O) groups excluding carboxylic acids is 1. The molecule has 6 heteroatoms. The molecule has 0 bridgehead atoms. The summed E-state index contributed by atoms with van der Waals surface area (Å²) in [6.07, 6.45) is -2.25. The van der Waals surface area contributed by atoms with Crippen LogP contribution in [0.4, 0.5) is 18.9 Å². The number of alkyl halides is 3. The van der Waals surface area contributed by atoms with Gasteiger partial charge in [0.05, 0.1) is 12.0 Å². The normalized spacial score (nSPS) is 11.6. The minimum Gasteiger partial charge on any atom is -0.343 e. The number of fused-ring (bicyclic) bond motifs is 1. The Morgan fingerprint density at radius 3 is 2.23 bits per heavy atom. The summed E-state index contributed by atoms with van der Waals surface area (Å²) < 4.78 is 40.3. The molecule has 0 unspecified atom stereocenters. The molecule has 0 aliphatic carbocycles. The monoisotopic (exact) mass is 408 g/mol. The number of carbonyl (C=O) groups is 1. The van der Waals surface area contributed by atoms with E-state index in [1.807, 2.05) is 65.4 Å². The summed E-state index contributed by atoms with van der Waals surface area (Å²) in [5.41, 5.74) is 2.62. The molecule has 1 amide bonds. The number of rotatable bonds is 5. The molecule has 0 radical (unpaired) electrons. The number of aromatic nitrogens is 1. The first-order valence-corrected chi connectivity index (χ1v) is 9.48. The van der Waals surface area contributed by atoms with E-state index in [2.05, 4.69) is 5.32 Å². The van der Waals surface area contributed by atoms with Crippen molar-refractivity contribution in [2.75, 3.05) is 5.32 Å². The fourth-order valence-electron chi connectivity index (χ4n) is 3.49. The van der Waals surface area contributed by atoms with Crippen LogP contribution in [-0.2, 0) is 23.9 Å². The summed E-state index contributed by atoms with van der Waals surface area (Å²) in [4.78, 5) is 12.5. The molecule has 4 aromatic rings. The average Bonchev–Trinajstić information content (AvgIpc) is 3.06. The third-order valence-electron chi connectivity index (χ3n) is 4.91. The van der Waals surface area contributed by atoms with Crippen LogP contribution in [0.15, 0.2) is 85.1 Å². The van der Waals surface area contributed by atoms with E-state index in [1.165, 1.54) is 12.1 Å². The average molecular weight is 408 g/mol. The maximum atomic E-state index is 12.8. The number of hydrogen-bond acceptors (Lipinski definition) is 1. The van der Waals surface area contributed by atoms with Crippen molar-refractivity contribution < 1.29 is 18.0 Å². The second-order valence-electron chi connectivity index (χ2n) is 7.09. The van der Waals surface area contributed by atoms with E-state index in [4.69, 9.17) is 0 Å². The third-order valence-corrected chi connectivity index (χ3v) is 4.91. The fourth-order valence-corrected chi connectivity index (χ4v) is 3.49. The van der Waals surface area contributed by atoms with E-state index in [9.17, 15) is 18.0 Å². The molecular formula is C24H19F3N2O. The number of benzene rings is 3. The van der Waals surface area contributed by atoms with Gasteiger partial charge >= 0.3 is 6.18 Å². The molecule has 4 rings (SSSR count). The quantitative estimate of drug-likeness (QED) is 0.439. The van der Waals surface area contributed by atoms with Gasteiger partial charge in [0.1, 0.15) is 0 Å². The molecule has 152 valence electrons. The van der Waals surface area contributed by atoms with Crippen LogP contribution in [-0.4, -0.2) is 10.5 Å². The van der Waals surface area contributed by atoms with Crippen molar-refractivity contribution in [3.63, 3.8) is 0 Å². The molecule has 1 heterocycles. The largest absolute Gasteiger partial charge is 0.416 e. The lowest BCUT2D eigenvalue weighted by Gasteiger charge is -2.09. The van der Waals surface area contributed by atoms with Gasteiger partial charge in [-0.3, -0.25) is 4.79 Å². The molecule has 0 fully saturated rings. The molecular weight excluding hydrogens is 389 g/mol. The number of para-hydroxylation sites is 2. The van der Waals surface area contributed by atoms with Gasteiger partial charge in [-0.2, -0.15) is 13.2 Å². The van der Waals surface area contributed by atoms with Crippen LogP contribution in [0.3, 0.4) is 0 Å². The van der Waals surface area contributed by atoms with Gasteiger partial charge in [-0.15, -0.1) is 0 Å². The molecule has 0 saturated carbocycles. The Labute approximate surface area is 171 Å². The molecule has 30 heavy (non-hydrogen) atoms. The highest BCUT2D eigenvalue weighted by atomic mass is 19.4. The molecule has 1 aromatic heterocycles. The number of nitrogens with one attached hydrogen (secondary N) is 1. The lowest BCUT2D eigenvalue weighted by atomic mass is 10.1. The van der Waals surface area contributed by atoms with Crippen LogP contribution in [0.1, 0.15) is 16.7 Å². The van der Waals surface area contributed by atoms with E-state index in [0.29, 0.717) is 6.54 Å². The SMILES string of the molecule is O=C(Cc1cn(Cc2ccc(C(F)(F)F)cc2)c2ccccc12)Nc1ccccc1. The number of hydrogen-bond donors (Lipinski definition) is 1. The van der Waals surface area contributed by atoms with E-state index < -0.39 is 11.7 Å². The lowest BCUT2D eigenvalue weighted by Crippen LogP contribution is -2.14. The number of nitrogens with zero attached hydrogens (tertiary/aromatic N) is 1. The first kappa shape index (κ1) is 19.8. The van der Waals surface area contributed by atoms with E-state index in [0.717, 1.165) is 39.8 Å². The van der Waals surface area contributed by atoms with Gasteiger partial charge in [-0.05, 0) is 41.5 Å². The summed E-state index contributed by atoms with van der Waals surface area (Å²) >= 11 is 0. The molecule has 1 N–H and O–H groups in total. The molecule has 3 aromatic carbocycles. The van der Waals surface area contributed by atoms with E-state index >= 15 is 0 Å². The Kier molecular flexibility index (Phi) is 5.31. The summed E-state index contributed by atoms with van der Waals surface area (Å²) in [7, 11) is 0. The second-order valence-corrected chi connectivity index (χ2v) is 7.09. The van der Waals surface area contributed by atoms with Gasteiger partial charge in [0, 0.05) is 29.3 Å². The Balaban J connectivity index is 1.57. The molecule has 0 saturated heterocycles. The summed E-state index contributed by atoms with van der Waals surface area (Å²) in [6.45, 7) is 0.416. The highest BCUT2D eigenvalue weighted by Crippen LogP contribution is 2.29. The molecule has 3 nitrogen and oxygen atoms in total. The highest BCUT2D eigenvalue weighted by Gasteiger charge is 2.29. The standard InChI is InChI=1S/C24H19F3N2O/c25-24(26,27)19-12-10-17(11-13-19)15-29-16-18(21-8-4-5-9-22(21)29)14-23(30)28-20-6-2-1-3-7-20/h1-13,16H,14-15H2,(H,28,30). The van der Waals surface area contributed by atoms with Crippen molar-refractivity contribution in [2.45, 2.75) is 19.1 Å². The molecule has 0 aliphatic rings. The molecule has 0 aliphatic heterocycles. The van der Waals surface area contributed by atoms with Crippen molar-refractivity contribution in [3.05, 3.63) is 102 Å². The third kappa shape index (κ3) is 4.38. The first-order chi connectivity index (χ1) is 14.4. The number of anilines is 1. The van der Waals surface area contributed by atoms with Crippen molar-refractivity contribution in [1.82, 2.24) is 4.57 Å². The molecule has 0 spiro atoms. The van der Waals surface area contributed by atoms with Gasteiger partial charge in [0.15, 0.2) is 0 Å². The summed E-state index contributed by atoms with van der Waals surface area (Å²) in [5, 5.41) is 3.83. The second kappa shape index (κ2) is 8.06. The minimum atomic E-state index is -4.35. The predicted octanol–water partition coefficient (Wildman–Crippen LogP) is 5.89. The zero-order chi connectivity index (χ0) is 21.1. The zero-order valence-electron chi connectivity index (χ0n) is 16.0. The Bertz CT molecular complexity index is 1160. The van der Waals surface area contributed by atoms with Crippen LogP contribution >= 0.6 is 0 Å². The predicted molar refractivity (Wildman–Crippen MR) is 111 cm³/mol. The van der Waals surface area contributed by atoms with Crippen LogP contribution < -0.4 is 5.32 Å².